The molecule has 0 heterocycles. The molecule has 1 rings (SSSR count). The van der Waals surface area contributed by atoms with Crippen molar-refractivity contribution in [1.29, 1.82) is 0 Å². The molecule has 0 amide bonds. The minimum absolute atomic E-state index is 0.226. The number of benzene rings is 1. The number of aryl methyl sites for hydroxylation is 3. The van der Waals surface area contributed by atoms with Gasteiger partial charge in [0.1, 0.15) is 0 Å². The van der Waals surface area contributed by atoms with E-state index in [1.54, 1.807) is 0 Å². The van der Waals surface area contributed by atoms with Gasteiger partial charge in [0, 0.05) is 25.6 Å². The van der Waals surface area contributed by atoms with Crippen LogP contribution < -0.4 is 11.1 Å². The molecule has 0 saturated heterocycles. The average molecular weight is 244 g/mol. The molecule has 0 aromatic heterocycles. The van der Waals surface area contributed by atoms with Crippen LogP contribution in [0.2, 0.25) is 0 Å². The Kier molecular flexibility index (Phi) is 5.91. The smallest absolute Gasteiger partial charge is 0.0450 e. The van der Waals surface area contributed by atoms with E-state index >= 15 is 0 Å². The molecule has 2 nitrogen and oxygen atoms in total. The summed E-state index contributed by atoms with van der Waals surface area (Å²) in [7, 11) is 0. The van der Waals surface area contributed by atoms with E-state index in [0.29, 0.717) is 6.54 Å². The first-order valence-corrected chi connectivity index (χ1v) is 6.51. The Labute approximate surface area is 111 Å². The first-order valence-electron chi connectivity index (χ1n) is 6.51. The predicted octanol–water partition coefficient (Wildman–Crippen LogP) is 2.61. The van der Waals surface area contributed by atoms with Crippen molar-refractivity contribution in [1.82, 2.24) is 5.32 Å². The predicted molar refractivity (Wildman–Crippen MR) is 78.5 cm³/mol. The van der Waals surface area contributed by atoms with Crippen LogP contribution in [-0.2, 0) is 0 Å². The highest BCUT2D eigenvalue weighted by atomic mass is 14.9. The Balaban J connectivity index is 2.83. The molecular formula is C16H24N2. The highest BCUT2D eigenvalue weighted by molar-refractivity contribution is 5.39. The molecule has 2 heteroatoms. The molecule has 0 fully saturated rings. The van der Waals surface area contributed by atoms with E-state index in [9.17, 15) is 0 Å². The zero-order valence-corrected chi connectivity index (χ0v) is 11.9. The fourth-order valence-electron chi connectivity index (χ4n) is 2.48. The lowest BCUT2D eigenvalue weighted by Crippen LogP contribution is -2.30. The van der Waals surface area contributed by atoms with Crippen LogP contribution in [0.15, 0.2) is 12.1 Å². The minimum Gasteiger partial charge on any atom is -0.329 e. The first-order chi connectivity index (χ1) is 8.60. The van der Waals surface area contributed by atoms with Crippen LogP contribution >= 0.6 is 0 Å². The number of nitrogens with two attached hydrogens (primary N) is 1. The van der Waals surface area contributed by atoms with E-state index < -0.39 is 0 Å². The maximum absolute atomic E-state index is 5.90. The second-order valence-corrected chi connectivity index (χ2v) is 4.73. The lowest BCUT2D eigenvalue weighted by atomic mass is 9.94. The molecule has 0 saturated carbocycles. The minimum atomic E-state index is 0.226. The van der Waals surface area contributed by atoms with Crippen molar-refractivity contribution >= 4 is 0 Å². The second kappa shape index (κ2) is 7.20. The summed E-state index contributed by atoms with van der Waals surface area (Å²) in [5.74, 6) is 5.97. The zero-order chi connectivity index (χ0) is 13.5. The highest BCUT2D eigenvalue weighted by Crippen LogP contribution is 2.22. The Morgan fingerprint density at radius 1 is 1.22 bits per heavy atom. The second-order valence-electron chi connectivity index (χ2n) is 4.73. The van der Waals surface area contributed by atoms with Crippen LogP contribution in [0.1, 0.15) is 41.6 Å². The molecule has 1 aromatic rings. The molecule has 3 N–H and O–H groups in total. The summed E-state index contributed by atoms with van der Waals surface area (Å²) in [5, 5.41) is 3.49. The summed E-state index contributed by atoms with van der Waals surface area (Å²) in [6.07, 6.45) is 0.872. The van der Waals surface area contributed by atoms with Crippen LogP contribution in [-0.4, -0.2) is 13.1 Å². The van der Waals surface area contributed by atoms with Crippen molar-refractivity contribution in [3.8, 4) is 11.8 Å². The van der Waals surface area contributed by atoms with Crippen molar-refractivity contribution < 1.29 is 0 Å². The molecule has 1 unspecified atom stereocenters. The molecule has 0 aliphatic carbocycles. The fourth-order valence-corrected chi connectivity index (χ4v) is 2.48. The SMILES string of the molecule is CC#CCCNC(CN)c1c(C)cc(C)cc1C. The number of hydrogen-bond acceptors (Lipinski definition) is 2. The van der Waals surface area contributed by atoms with Crippen LogP contribution in [0.5, 0.6) is 0 Å². The number of hydrogen-bond donors (Lipinski definition) is 2. The summed E-state index contributed by atoms with van der Waals surface area (Å²) < 4.78 is 0. The Bertz CT molecular complexity index is 429. The zero-order valence-electron chi connectivity index (χ0n) is 11.9. The normalized spacial score (nSPS) is 11.8. The van der Waals surface area contributed by atoms with Crippen molar-refractivity contribution in [2.24, 2.45) is 5.73 Å². The number of rotatable bonds is 5. The van der Waals surface area contributed by atoms with Gasteiger partial charge in [-0.1, -0.05) is 17.7 Å². The summed E-state index contributed by atoms with van der Waals surface area (Å²) in [6.45, 7) is 9.82. The molecule has 0 spiro atoms. The van der Waals surface area contributed by atoms with Crippen molar-refractivity contribution in [3.63, 3.8) is 0 Å². The summed E-state index contributed by atoms with van der Waals surface area (Å²) in [6, 6.07) is 4.67. The van der Waals surface area contributed by atoms with E-state index in [1.165, 1.54) is 22.3 Å². The van der Waals surface area contributed by atoms with Gasteiger partial charge in [0.15, 0.2) is 0 Å². The maximum atomic E-state index is 5.90. The van der Waals surface area contributed by atoms with Crippen molar-refractivity contribution in [3.05, 3.63) is 34.4 Å². The van der Waals surface area contributed by atoms with Gasteiger partial charge in [0.05, 0.1) is 0 Å². The van der Waals surface area contributed by atoms with E-state index in [4.69, 9.17) is 5.73 Å². The molecule has 0 radical (unpaired) electrons. The van der Waals surface area contributed by atoms with Crippen LogP contribution in [0.4, 0.5) is 0 Å². The Morgan fingerprint density at radius 3 is 2.33 bits per heavy atom. The van der Waals surface area contributed by atoms with E-state index in [1.807, 2.05) is 6.92 Å². The topological polar surface area (TPSA) is 38.0 Å². The average Bonchev–Trinajstić information content (AvgIpc) is 2.31. The quantitative estimate of drug-likeness (QED) is 0.617. The van der Waals surface area contributed by atoms with Crippen molar-refractivity contribution in [2.45, 2.75) is 40.2 Å². The monoisotopic (exact) mass is 244 g/mol. The molecule has 0 bridgehead atoms. The maximum Gasteiger partial charge on any atom is 0.0450 e. The van der Waals surface area contributed by atoms with Gasteiger partial charge in [-0.3, -0.25) is 0 Å². The lowest BCUT2D eigenvalue weighted by molar-refractivity contribution is 0.546. The summed E-state index contributed by atoms with van der Waals surface area (Å²) >= 11 is 0. The first kappa shape index (κ1) is 14.8. The summed E-state index contributed by atoms with van der Waals surface area (Å²) in [4.78, 5) is 0. The molecule has 18 heavy (non-hydrogen) atoms. The van der Waals surface area contributed by atoms with E-state index in [0.717, 1.165) is 13.0 Å². The lowest BCUT2D eigenvalue weighted by Gasteiger charge is -2.22. The van der Waals surface area contributed by atoms with Gasteiger partial charge >= 0.3 is 0 Å². The van der Waals surface area contributed by atoms with Crippen LogP contribution in [0.3, 0.4) is 0 Å². The molecule has 1 atom stereocenters. The van der Waals surface area contributed by atoms with Crippen molar-refractivity contribution in [2.75, 3.05) is 13.1 Å². The third kappa shape index (κ3) is 3.87. The van der Waals surface area contributed by atoms with Gasteiger partial charge in [-0.15, -0.1) is 11.8 Å². The Hall–Kier alpha value is -1.30. The third-order valence-electron chi connectivity index (χ3n) is 3.14. The molecule has 98 valence electrons. The van der Waals surface area contributed by atoms with Crippen LogP contribution in [0.25, 0.3) is 0 Å². The standard InChI is InChI=1S/C16H24N2/c1-5-6-7-8-18-15(11-17)16-13(3)9-12(2)10-14(16)4/h9-10,15,18H,7-8,11,17H2,1-4H3. The number of nitrogens with one attached hydrogen (secondary N) is 1. The highest BCUT2D eigenvalue weighted by Gasteiger charge is 2.14. The fraction of sp³-hybridized carbons (Fsp3) is 0.500. The third-order valence-corrected chi connectivity index (χ3v) is 3.14. The van der Waals surface area contributed by atoms with Gasteiger partial charge in [0.2, 0.25) is 0 Å². The molecule has 0 aliphatic heterocycles. The molecule has 0 aliphatic rings. The summed E-state index contributed by atoms with van der Waals surface area (Å²) in [5.41, 5.74) is 11.2. The molecule has 1 aromatic carbocycles. The molecular weight excluding hydrogens is 220 g/mol. The van der Waals surface area contributed by atoms with E-state index in [-0.39, 0.29) is 6.04 Å². The Morgan fingerprint density at radius 2 is 1.83 bits per heavy atom. The van der Waals surface area contributed by atoms with Gasteiger partial charge in [-0.25, -0.2) is 0 Å². The largest absolute Gasteiger partial charge is 0.329 e. The van der Waals surface area contributed by atoms with Gasteiger partial charge in [-0.2, -0.15) is 0 Å². The van der Waals surface area contributed by atoms with E-state index in [2.05, 4.69) is 50.1 Å². The van der Waals surface area contributed by atoms with Gasteiger partial charge < -0.3 is 11.1 Å². The van der Waals surface area contributed by atoms with Gasteiger partial charge in [0.25, 0.3) is 0 Å². The van der Waals surface area contributed by atoms with Crippen LogP contribution in [0, 0.1) is 32.6 Å². The van der Waals surface area contributed by atoms with Gasteiger partial charge in [-0.05, 0) is 44.4 Å².